The molecule has 0 aliphatic carbocycles. The van der Waals surface area contributed by atoms with Crippen LogP contribution < -0.4 is 9.64 Å². The van der Waals surface area contributed by atoms with Gasteiger partial charge in [-0.1, -0.05) is 23.7 Å². The summed E-state index contributed by atoms with van der Waals surface area (Å²) in [5.74, 6) is 0.842. The van der Waals surface area contributed by atoms with E-state index >= 15 is 0 Å². The Labute approximate surface area is 124 Å². The normalized spacial score (nSPS) is 10.4. The van der Waals surface area contributed by atoms with E-state index < -0.39 is 0 Å². The van der Waals surface area contributed by atoms with E-state index in [1.54, 1.807) is 13.2 Å². The minimum Gasteiger partial charge on any atom is -0.497 e. The first-order chi connectivity index (χ1) is 9.63. The van der Waals surface area contributed by atoms with E-state index in [0.717, 1.165) is 29.1 Å². The van der Waals surface area contributed by atoms with Crippen LogP contribution in [0, 0.1) is 0 Å². The van der Waals surface area contributed by atoms with E-state index in [4.69, 9.17) is 16.3 Å². The zero-order valence-electron chi connectivity index (χ0n) is 11.6. The molecule has 0 heterocycles. The van der Waals surface area contributed by atoms with Crippen molar-refractivity contribution in [3.05, 3.63) is 58.6 Å². The van der Waals surface area contributed by atoms with Crippen molar-refractivity contribution in [3.63, 3.8) is 0 Å². The summed E-state index contributed by atoms with van der Waals surface area (Å²) in [4.78, 5) is 2.08. The van der Waals surface area contributed by atoms with Gasteiger partial charge in [-0.3, -0.25) is 0 Å². The summed E-state index contributed by atoms with van der Waals surface area (Å²) in [6, 6.07) is 13.5. The summed E-state index contributed by atoms with van der Waals surface area (Å²) in [6.45, 7) is 0.699. The molecule has 2 rings (SSSR count). The van der Waals surface area contributed by atoms with Crippen molar-refractivity contribution in [2.75, 3.05) is 19.1 Å². The molecule has 1 N–H and O–H groups in total. The quantitative estimate of drug-likeness (QED) is 0.915. The number of hydrogen-bond donors (Lipinski definition) is 1. The number of aliphatic hydroxyl groups excluding tert-OH is 1. The van der Waals surface area contributed by atoms with Gasteiger partial charge in [-0.15, -0.1) is 0 Å². The number of aliphatic hydroxyl groups is 1. The number of anilines is 1. The van der Waals surface area contributed by atoms with E-state index in [-0.39, 0.29) is 6.61 Å². The van der Waals surface area contributed by atoms with Gasteiger partial charge in [0.1, 0.15) is 5.75 Å². The lowest BCUT2D eigenvalue weighted by atomic mass is 10.1. The van der Waals surface area contributed by atoms with Crippen molar-refractivity contribution in [1.29, 1.82) is 0 Å². The summed E-state index contributed by atoms with van der Waals surface area (Å²) < 4.78 is 5.23. The van der Waals surface area contributed by atoms with Crippen LogP contribution in [0.5, 0.6) is 5.75 Å². The number of ether oxygens (including phenoxy) is 1. The van der Waals surface area contributed by atoms with Crippen LogP contribution in [0.25, 0.3) is 0 Å². The smallest absolute Gasteiger partial charge is 0.119 e. The molecule has 0 saturated heterocycles. The van der Waals surface area contributed by atoms with E-state index in [2.05, 4.69) is 4.90 Å². The van der Waals surface area contributed by atoms with Gasteiger partial charge in [0.15, 0.2) is 0 Å². The summed E-state index contributed by atoms with van der Waals surface area (Å²) in [5.41, 5.74) is 2.94. The average molecular weight is 292 g/mol. The highest BCUT2D eigenvalue weighted by Gasteiger charge is 2.08. The Morgan fingerprint density at radius 2 is 2.00 bits per heavy atom. The molecule has 106 valence electrons. The number of halogens is 1. The summed E-state index contributed by atoms with van der Waals surface area (Å²) in [6.07, 6.45) is 0. The fourth-order valence-electron chi connectivity index (χ4n) is 2.18. The Morgan fingerprint density at radius 3 is 2.70 bits per heavy atom. The third-order valence-electron chi connectivity index (χ3n) is 3.18. The molecule has 0 aliphatic heterocycles. The molecule has 0 fully saturated rings. The topological polar surface area (TPSA) is 32.7 Å². The average Bonchev–Trinajstić information content (AvgIpc) is 2.47. The maximum atomic E-state index is 9.43. The second kappa shape index (κ2) is 6.64. The number of rotatable bonds is 5. The van der Waals surface area contributed by atoms with Crippen LogP contribution in [0.1, 0.15) is 11.1 Å². The monoisotopic (exact) mass is 291 g/mol. The molecule has 4 heteroatoms. The molecule has 0 aromatic heterocycles. The van der Waals surface area contributed by atoms with Crippen molar-refractivity contribution in [3.8, 4) is 5.75 Å². The highest BCUT2D eigenvalue weighted by molar-refractivity contribution is 6.30. The van der Waals surface area contributed by atoms with Gasteiger partial charge < -0.3 is 14.7 Å². The van der Waals surface area contributed by atoms with Crippen LogP contribution in [0.15, 0.2) is 42.5 Å². The summed E-state index contributed by atoms with van der Waals surface area (Å²) in [7, 11) is 3.65. The Kier molecular flexibility index (Phi) is 4.88. The number of benzene rings is 2. The van der Waals surface area contributed by atoms with Gasteiger partial charge in [-0.05, 0) is 35.9 Å². The fourth-order valence-corrected chi connectivity index (χ4v) is 2.38. The predicted molar refractivity (Wildman–Crippen MR) is 82.5 cm³/mol. The predicted octanol–water partition coefficient (Wildman–Crippen LogP) is 3.48. The first-order valence-electron chi connectivity index (χ1n) is 6.37. The van der Waals surface area contributed by atoms with Crippen LogP contribution in [0.2, 0.25) is 5.02 Å². The van der Waals surface area contributed by atoms with Gasteiger partial charge in [-0.25, -0.2) is 0 Å². The minimum atomic E-state index is -0.0294. The van der Waals surface area contributed by atoms with Gasteiger partial charge >= 0.3 is 0 Å². The molecule has 2 aromatic rings. The molecule has 2 aromatic carbocycles. The van der Waals surface area contributed by atoms with Gasteiger partial charge in [0.25, 0.3) is 0 Å². The van der Waals surface area contributed by atoms with Crippen LogP contribution >= 0.6 is 11.6 Å². The van der Waals surface area contributed by atoms with Gasteiger partial charge in [-0.2, -0.15) is 0 Å². The van der Waals surface area contributed by atoms with Crippen LogP contribution in [0.4, 0.5) is 5.69 Å². The van der Waals surface area contributed by atoms with Crippen molar-refractivity contribution in [2.24, 2.45) is 0 Å². The van der Waals surface area contributed by atoms with Crippen molar-refractivity contribution in [1.82, 2.24) is 0 Å². The van der Waals surface area contributed by atoms with Gasteiger partial charge in [0.2, 0.25) is 0 Å². The largest absolute Gasteiger partial charge is 0.497 e. The maximum absolute atomic E-state index is 9.43. The minimum absolute atomic E-state index is 0.0294. The van der Waals surface area contributed by atoms with Crippen LogP contribution in [0.3, 0.4) is 0 Å². The molecule has 3 nitrogen and oxygen atoms in total. The highest BCUT2D eigenvalue weighted by Crippen LogP contribution is 2.25. The van der Waals surface area contributed by atoms with E-state index in [0.29, 0.717) is 5.02 Å². The van der Waals surface area contributed by atoms with Gasteiger partial charge in [0, 0.05) is 29.9 Å². The first kappa shape index (κ1) is 14.7. The number of nitrogens with zero attached hydrogens (tertiary/aromatic N) is 1. The number of hydrogen-bond acceptors (Lipinski definition) is 3. The number of methoxy groups -OCH3 is 1. The lowest BCUT2D eigenvalue weighted by Crippen LogP contribution is -2.18. The summed E-state index contributed by atoms with van der Waals surface area (Å²) >= 11 is 5.95. The summed E-state index contributed by atoms with van der Waals surface area (Å²) in [5, 5.41) is 10.1. The molecule has 0 atom stereocenters. The zero-order chi connectivity index (χ0) is 14.5. The molecular weight excluding hydrogens is 274 g/mol. The van der Waals surface area contributed by atoms with Crippen molar-refractivity contribution in [2.45, 2.75) is 13.2 Å². The van der Waals surface area contributed by atoms with Gasteiger partial charge in [0.05, 0.1) is 13.7 Å². The molecule has 0 saturated carbocycles. The maximum Gasteiger partial charge on any atom is 0.119 e. The Morgan fingerprint density at radius 1 is 1.20 bits per heavy atom. The molecule has 20 heavy (non-hydrogen) atoms. The molecule has 0 bridgehead atoms. The van der Waals surface area contributed by atoms with Crippen molar-refractivity contribution < 1.29 is 9.84 Å². The zero-order valence-corrected chi connectivity index (χ0v) is 12.4. The lowest BCUT2D eigenvalue weighted by Gasteiger charge is -2.22. The highest BCUT2D eigenvalue weighted by atomic mass is 35.5. The SMILES string of the molecule is COc1cccc(CN(C)c2ccc(Cl)cc2CO)c1. The third-order valence-corrected chi connectivity index (χ3v) is 3.41. The Balaban J connectivity index is 2.21. The molecule has 0 amide bonds. The molecule has 0 aliphatic rings. The second-order valence-corrected chi connectivity index (χ2v) is 5.08. The van der Waals surface area contributed by atoms with E-state index in [1.165, 1.54) is 0 Å². The molecular formula is C16H18ClNO2. The van der Waals surface area contributed by atoms with Crippen LogP contribution in [-0.4, -0.2) is 19.3 Å². The Bertz CT molecular complexity index is 586. The second-order valence-electron chi connectivity index (χ2n) is 4.64. The molecule has 0 unspecified atom stereocenters. The third kappa shape index (κ3) is 3.44. The van der Waals surface area contributed by atoms with E-state index in [1.807, 2.05) is 43.4 Å². The fraction of sp³-hybridized carbons (Fsp3) is 0.250. The molecule has 0 spiro atoms. The molecule has 0 radical (unpaired) electrons. The van der Waals surface area contributed by atoms with Crippen molar-refractivity contribution >= 4 is 17.3 Å². The Hall–Kier alpha value is -1.71. The van der Waals surface area contributed by atoms with E-state index in [9.17, 15) is 5.11 Å². The standard InChI is InChI=1S/C16H18ClNO2/c1-18(10-12-4-3-5-15(8-12)20-2)16-7-6-14(17)9-13(16)11-19/h3-9,19H,10-11H2,1-2H3. The lowest BCUT2D eigenvalue weighted by molar-refractivity contribution is 0.282. The van der Waals surface area contributed by atoms with Crippen LogP contribution in [-0.2, 0) is 13.2 Å². The first-order valence-corrected chi connectivity index (χ1v) is 6.75.